The van der Waals surface area contributed by atoms with Crippen molar-refractivity contribution in [3.8, 4) is 11.3 Å². The molecule has 16 heavy (non-hydrogen) atoms. The molecule has 1 aromatic heterocycles. The molecule has 1 amide bonds. The minimum absolute atomic E-state index is 0.101. The fraction of sp³-hybridized carbons (Fsp3) is 0. The summed E-state index contributed by atoms with van der Waals surface area (Å²) in [6.45, 7) is 0. The molecule has 0 aliphatic rings. The topological polar surface area (TPSA) is 82.2 Å². The van der Waals surface area contributed by atoms with E-state index in [0.717, 1.165) is 0 Å². The third-order valence-electron chi connectivity index (χ3n) is 2.13. The number of nitrogens with two attached hydrogens (primary N) is 2. The standard InChI is InChI=1S/C11H9ClN2O2/c12-6-1-2-7(8(13)5-6)9-3-4-10(16-9)11(14)15/h1-5H,13H2,(H2,14,15). The molecule has 1 aromatic carbocycles. The molecular formula is C11H9ClN2O2. The third kappa shape index (κ3) is 1.87. The summed E-state index contributed by atoms with van der Waals surface area (Å²) in [5.74, 6) is -0.0221. The Kier molecular flexibility index (Phi) is 2.58. The lowest BCUT2D eigenvalue weighted by molar-refractivity contribution is 0.0974. The number of carbonyl (C=O) groups is 1. The van der Waals surface area contributed by atoms with Gasteiger partial charge in [0.2, 0.25) is 0 Å². The summed E-state index contributed by atoms with van der Waals surface area (Å²) in [5.41, 5.74) is 12.0. The highest BCUT2D eigenvalue weighted by molar-refractivity contribution is 6.31. The van der Waals surface area contributed by atoms with Gasteiger partial charge in [-0.05, 0) is 30.3 Å². The molecule has 0 aliphatic carbocycles. The van der Waals surface area contributed by atoms with Crippen LogP contribution in [0.1, 0.15) is 10.6 Å². The molecule has 4 N–H and O–H groups in total. The van der Waals surface area contributed by atoms with Crippen LogP contribution in [0.4, 0.5) is 5.69 Å². The number of carbonyl (C=O) groups excluding carboxylic acids is 1. The number of primary amides is 1. The van der Waals surface area contributed by atoms with Gasteiger partial charge in [-0.2, -0.15) is 0 Å². The summed E-state index contributed by atoms with van der Waals surface area (Å²) < 4.78 is 5.25. The Balaban J connectivity index is 2.46. The van der Waals surface area contributed by atoms with Crippen molar-refractivity contribution < 1.29 is 9.21 Å². The molecule has 2 rings (SSSR count). The lowest BCUT2D eigenvalue weighted by Crippen LogP contribution is -2.09. The molecule has 0 bridgehead atoms. The number of furan rings is 1. The van der Waals surface area contributed by atoms with Gasteiger partial charge in [0, 0.05) is 16.3 Å². The number of hydrogen-bond acceptors (Lipinski definition) is 3. The Morgan fingerprint density at radius 1 is 1.25 bits per heavy atom. The van der Waals surface area contributed by atoms with Crippen molar-refractivity contribution in [2.45, 2.75) is 0 Å². The van der Waals surface area contributed by atoms with Gasteiger partial charge in [0.15, 0.2) is 5.76 Å². The summed E-state index contributed by atoms with van der Waals surface area (Å²) in [5, 5.41) is 0.544. The molecule has 0 radical (unpaired) electrons. The summed E-state index contributed by atoms with van der Waals surface area (Å²) in [7, 11) is 0. The van der Waals surface area contributed by atoms with E-state index in [-0.39, 0.29) is 5.76 Å². The molecule has 0 unspecified atom stereocenters. The van der Waals surface area contributed by atoms with Crippen molar-refractivity contribution in [2.75, 3.05) is 5.73 Å². The molecule has 0 atom stereocenters. The van der Waals surface area contributed by atoms with Gasteiger partial charge in [-0.1, -0.05) is 11.6 Å². The van der Waals surface area contributed by atoms with Gasteiger partial charge < -0.3 is 15.9 Å². The van der Waals surface area contributed by atoms with E-state index in [1.54, 1.807) is 24.3 Å². The van der Waals surface area contributed by atoms with E-state index in [1.165, 1.54) is 6.07 Å². The summed E-state index contributed by atoms with van der Waals surface area (Å²) in [4.78, 5) is 10.9. The van der Waals surface area contributed by atoms with E-state index < -0.39 is 5.91 Å². The molecule has 4 nitrogen and oxygen atoms in total. The molecule has 82 valence electrons. The number of anilines is 1. The van der Waals surface area contributed by atoms with Crippen LogP contribution >= 0.6 is 11.6 Å². The first kappa shape index (κ1) is 10.6. The number of amides is 1. The van der Waals surface area contributed by atoms with Gasteiger partial charge in [-0.15, -0.1) is 0 Å². The quantitative estimate of drug-likeness (QED) is 0.785. The molecule has 0 aliphatic heterocycles. The van der Waals surface area contributed by atoms with Gasteiger partial charge >= 0.3 is 0 Å². The van der Waals surface area contributed by atoms with Crippen molar-refractivity contribution in [2.24, 2.45) is 5.73 Å². The minimum Gasteiger partial charge on any atom is -0.451 e. The first-order valence-electron chi connectivity index (χ1n) is 4.53. The molecule has 2 aromatic rings. The average Bonchev–Trinajstić information content (AvgIpc) is 2.66. The van der Waals surface area contributed by atoms with Gasteiger partial charge in [-0.3, -0.25) is 4.79 Å². The van der Waals surface area contributed by atoms with Crippen LogP contribution in [0, 0.1) is 0 Å². The average molecular weight is 237 g/mol. The molecule has 5 heteroatoms. The van der Waals surface area contributed by atoms with Crippen LogP contribution in [0.15, 0.2) is 34.7 Å². The lowest BCUT2D eigenvalue weighted by atomic mass is 10.1. The van der Waals surface area contributed by atoms with Crippen molar-refractivity contribution in [3.63, 3.8) is 0 Å². The number of halogens is 1. The molecule has 0 fully saturated rings. The van der Waals surface area contributed by atoms with Crippen molar-refractivity contribution >= 4 is 23.2 Å². The second kappa shape index (κ2) is 3.90. The highest BCUT2D eigenvalue weighted by atomic mass is 35.5. The fourth-order valence-corrected chi connectivity index (χ4v) is 1.55. The van der Waals surface area contributed by atoms with Crippen LogP contribution < -0.4 is 11.5 Å². The van der Waals surface area contributed by atoms with Crippen molar-refractivity contribution in [1.82, 2.24) is 0 Å². The van der Waals surface area contributed by atoms with Crippen molar-refractivity contribution in [1.29, 1.82) is 0 Å². The zero-order chi connectivity index (χ0) is 11.7. The number of rotatable bonds is 2. The summed E-state index contributed by atoms with van der Waals surface area (Å²) in [6.07, 6.45) is 0. The normalized spacial score (nSPS) is 10.3. The maximum absolute atomic E-state index is 10.9. The molecule has 0 spiro atoms. The first-order valence-corrected chi connectivity index (χ1v) is 4.91. The van der Waals surface area contributed by atoms with E-state index in [4.69, 9.17) is 27.5 Å². The predicted octanol–water partition coefficient (Wildman–Crippen LogP) is 2.28. The van der Waals surface area contributed by atoms with Crippen molar-refractivity contribution in [3.05, 3.63) is 41.1 Å². The largest absolute Gasteiger partial charge is 0.451 e. The molecule has 1 heterocycles. The van der Waals surface area contributed by atoms with Crippen LogP contribution in [-0.4, -0.2) is 5.91 Å². The van der Waals surface area contributed by atoms with Crippen LogP contribution in [0.3, 0.4) is 0 Å². The zero-order valence-corrected chi connectivity index (χ0v) is 8.99. The third-order valence-corrected chi connectivity index (χ3v) is 2.36. The Bertz CT molecular complexity index is 549. The molecular weight excluding hydrogens is 228 g/mol. The van der Waals surface area contributed by atoms with E-state index in [1.807, 2.05) is 0 Å². The molecule has 0 saturated carbocycles. The zero-order valence-electron chi connectivity index (χ0n) is 8.24. The second-order valence-corrected chi connectivity index (χ2v) is 3.70. The van der Waals surface area contributed by atoms with Gasteiger partial charge in [-0.25, -0.2) is 0 Å². The monoisotopic (exact) mass is 236 g/mol. The minimum atomic E-state index is -0.612. The first-order chi connectivity index (χ1) is 7.58. The Labute approximate surface area is 96.8 Å². The lowest BCUT2D eigenvalue weighted by Gasteiger charge is -2.02. The predicted molar refractivity (Wildman–Crippen MR) is 62.1 cm³/mol. The van der Waals surface area contributed by atoms with Gasteiger partial charge in [0.1, 0.15) is 5.76 Å². The second-order valence-electron chi connectivity index (χ2n) is 3.26. The SMILES string of the molecule is NC(=O)c1ccc(-c2ccc(Cl)cc2N)o1. The smallest absolute Gasteiger partial charge is 0.284 e. The van der Waals surface area contributed by atoms with Crippen LogP contribution in [-0.2, 0) is 0 Å². The number of benzene rings is 1. The maximum Gasteiger partial charge on any atom is 0.284 e. The summed E-state index contributed by atoms with van der Waals surface area (Å²) >= 11 is 5.78. The fourth-order valence-electron chi connectivity index (χ4n) is 1.37. The summed E-state index contributed by atoms with van der Waals surface area (Å²) in [6, 6.07) is 8.18. The number of nitrogen functional groups attached to an aromatic ring is 1. The molecule has 0 saturated heterocycles. The van der Waals surface area contributed by atoms with Gasteiger partial charge in [0.25, 0.3) is 5.91 Å². The van der Waals surface area contributed by atoms with E-state index in [2.05, 4.69) is 0 Å². The van der Waals surface area contributed by atoms with E-state index in [9.17, 15) is 4.79 Å². The van der Waals surface area contributed by atoms with Crippen LogP contribution in [0.5, 0.6) is 0 Å². The van der Waals surface area contributed by atoms with Crippen LogP contribution in [0.2, 0.25) is 5.02 Å². The highest BCUT2D eigenvalue weighted by Crippen LogP contribution is 2.29. The maximum atomic E-state index is 10.9. The Morgan fingerprint density at radius 3 is 2.56 bits per heavy atom. The Hall–Kier alpha value is -1.94. The van der Waals surface area contributed by atoms with E-state index in [0.29, 0.717) is 22.0 Å². The Morgan fingerprint density at radius 2 is 2.00 bits per heavy atom. The number of hydrogen-bond donors (Lipinski definition) is 2. The van der Waals surface area contributed by atoms with Crippen LogP contribution in [0.25, 0.3) is 11.3 Å². The van der Waals surface area contributed by atoms with E-state index >= 15 is 0 Å². The van der Waals surface area contributed by atoms with Gasteiger partial charge in [0.05, 0.1) is 0 Å². The highest BCUT2D eigenvalue weighted by Gasteiger charge is 2.11.